The molecule has 1 N–H and O–H groups in total. The summed E-state index contributed by atoms with van der Waals surface area (Å²) in [6, 6.07) is 22.0. The maximum absolute atomic E-state index is 14.3. The number of ether oxygens (including phenoxy) is 1. The predicted octanol–water partition coefficient (Wildman–Crippen LogP) is 6.27. The molecule has 0 aliphatic heterocycles. The normalized spacial score (nSPS) is 14.6. The van der Waals surface area contributed by atoms with Crippen LogP contribution in [0.3, 0.4) is 0 Å². The SMILES string of the molecule is CCC(C(=O)NC1CCCCC1)N(Cc1cccc(OC)c1)C(=O)CN(c1ccc(C(C)C)cc1)S(=O)(=O)c1ccccc1. The van der Waals surface area contributed by atoms with Gasteiger partial charge in [0.1, 0.15) is 18.3 Å². The molecule has 3 aromatic rings. The molecule has 9 heteroatoms. The van der Waals surface area contributed by atoms with Gasteiger partial charge in [-0.2, -0.15) is 0 Å². The number of nitrogens with zero attached hydrogens (tertiary/aromatic N) is 2. The monoisotopic (exact) mass is 619 g/mol. The fraction of sp³-hybridized carbons (Fsp3) is 0.429. The molecule has 0 aromatic heterocycles. The molecule has 1 fully saturated rings. The molecule has 0 heterocycles. The second kappa shape index (κ2) is 15.2. The molecule has 0 spiro atoms. The van der Waals surface area contributed by atoms with Crippen molar-refractivity contribution in [3.8, 4) is 5.75 Å². The molecule has 1 aliphatic rings. The van der Waals surface area contributed by atoms with E-state index in [1.165, 1.54) is 17.0 Å². The average Bonchev–Trinajstić information content (AvgIpc) is 3.04. The highest BCUT2D eigenvalue weighted by Crippen LogP contribution is 2.27. The highest BCUT2D eigenvalue weighted by molar-refractivity contribution is 7.92. The van der Waals surface area contributed by atoms with Crippen LogP contribution in [-0.2, 0) is 26.2 Å². The number of hydrogen-bond donors (Lipinski definition) is 1. The molecule has 8 nitrogen and oxygen atoms in total. The number of nitrogens with one attached hydrogen (secondary N) is 1. The van der Waals surface area contributed by atoms with Crippen molar-refractivity contribution in [2.75, 3.05) is 18.0 Å². The van der Waals surface area contributed by atoms with Gasteiger partial charge in [-0.3, -0.25) is 13.9 Å². The Balaban J connectivity index is 1.71. The van der Waals surface area contributed by atoms with Gasteiger partial charge < -0.3 is 15.0 Å². The van der Waals surface area contributed by atoms with E-state index in [1.54, 1.807) is 37.4 Å². The zero-order valence-corrected chi connectivity index (χ0v) is 27.1. The molecular weight excluding hydrogens is 574 g/mol. The Morgan fingerprint density at radius 2 is 1.61 bits per heavy atom. The molecule has 4 rings (SSSR count). The first-order valence-corrected chi connectivity index (χ1v) is 17.0. The first-order valence-electron chi connectivity index (χ1n) is 15.5. The summed E-state index contributed by atoms with van der Waals surface area (Å²) in [4.78, 5) is 29.7. The van der Waals surface area contributed by atoms with E-state index in [4.69, 9.17) is 4.74 Å². The molecule has 1 unspecified atom stereocenters. The van der Waals surface area contributed by atoms with E-state index in [0.717, 1.165) is 47.5 Å². The summed E-state index contributed by atoms with van der Waals surface area (Å²) >= 11 is 0. The molecular formula is C35H45N3O5S. The van der Waals surface area contributed by atoms with Gasteiger partial charge in [-0.1, -0.05) is 82.5 Å². The summed E-state index contributed by atoms with van der Waals surface area (Å²) in [6.45, 7) is 5.67. The lowest BCUT2D eigenvalue weighted by atomic mass is 9.95. The summed E-state index contributed by atoms with van der Waals surface area (Å²) in [7, 11) is -2.53. The summed E-state index contributed by atoms with van der Waals surface area (Å²) in [5, 5.41) is 3.18. The van der Waals surface area contributed by atoms with Crippen molar-refractivity contribution in [2.24, 2.45) is 0 Å². The number of rotatable bonds is 13. The Labute approximate surface area is 262 Å². The molecule has 1 aliphatic carbocycles. The van der Waals surface area contributed by atoms with Gasteiger partial charge in [-0.25, -0.2) is 8.42 Å². The third kappa shape index (κ3) is 8.20. The lowest BCUT2D eigenvalue weighted by molar-refractivity contribution is -0.140. The van der Waals surface area contributed by atoms with Crippen LogP contribution in [0.1, 0.15) is 76.3 Å². The quantitative estimate of drug-likeness (QED) is 0.243. The zero-order valence-electron chi connectivity index (χ0n) is 26.2. The molecule has 44 heavy (non-hydrogen) atoms. The Morgan fingerprint density at radius 3 is 2.23 bits per heavy atom. The van der Waals surface area contributed by atoms with Gasteiger partial charge in [0.25, 0.3) is 10.0 Å². The minimum Gasteiger partial charge on any atom is -0.497 e. The maximum atomic E-state index is 14.3. The van der Waals surface area contributed by atoms with Crippen molar-refractivity contribution in [3.63, 3.8) is 0 Å². The lowest BCUT2D eigenvalue weighted by Gasteiger charge is -2.34. The second-order valence-electron chi connectivity index (χ2n) is 11.7. The molecule has 3 aromatic carbocycles. The van der Waals surface area contributed by atoms with Gasteiger partial charge in [-0.15, -0.1) is 0 Å². The van der Waals surface area contributed by atoms with E-state index in [-0.39, 0.29) is 29.3 Å². The van der Waals surface area contributed by atoms with Crippen molar-refractivity contribution in [3.05, 3.63) is 90.0 Å². The van der Waals surface area contributed by atoms with E-state index < -0.39 is 28.5 Å². The van der Waals surface area contributed by atoms with Crippen LogP contribution in [0.25, 0.3) is 0 Å². The first-order chi connectivity index (χ1) is 21.1. The predicted molar refractivity (Wildman–Crippen MR) is 174 cm³/mol. The van der Waals surface area contributed by atoms with Crippen LogP contribution in [0.15, 0.2) is 83.8 Å². The van der Waals surface area contributed by atoms with Crippen LogP contribution in [0.4, 0.5) is 5.69 Å². The van der Waals surface area contributed by atoms with Gasteiger partial charge in [-0.05, 0) is 72.7 Å². The molecule has 1 saturated carbocycles. The Bertz CT molecular complexity index is 1490. The number of sulfonamides is 1. The molecule has 0 radical (unpaired) electrons. The average molecular weight is 620 g/mol. The van der Waals surface area contributed by atoms with Crippen LogP contribution >= 0.6 is 0 Å². The van der Waals surface area contributed by atoms with Crippen molar-refractivity contribution < 1.29 is 22.7 Å². The summed E-state index contributed by atoms with van der Waals surface area (Å²) < 4.78 is 34.6. The maximum Gasteiger partial charge on any atom is 0.264 e. The summed E-state index contributed by atoms with van der Waals surface area (Å²) in [5.41, 5.74) is 2.22. The van der Waals surface area contributed by atoms with Crippen LogP contribution in [-0.4, -0.2) is 50.9 Å². The Kier molecular flexibility index (Phi) is 11.4. The molecule has 0 saturated heterocycles. The third-order valence-corrected chi connectivity index (χ3v) is 10.1. The smallest absolute Gasteiger partial charge is 0.264 e. The fourth-order valence-corrected chi connectivity index (χ4v) is 7.14. The van der Waals surface area contributed by atoms with Gasteiger partial charge >= 0.3 is 0 Å². The van der Waals surface area contributed by atoms with E-state index in [0.29, 0.717) is 17.9 Å². The number of carbonyl (C=O) groups excluding carboxylic acids is 2. The van der Waals surface area contributed by atoms with E-state index in [2.05, 4.69) is 19.2 Å². The van der Waals surface area contributed by atoms with Crippen molar-refractivity contribution >= 4 is 27.5 Å². The number of amides is 2. The van der Waals surface area contributed by atoms with Gasteiger partial charge in [0.15, 0.2) is 0 Å². The third-order valence-electron chi connectivity index (χ3n) is 8.28. The van der Waals surface area contributed by atoms with Crippen LogP contribution in [0.5, 0.6) is 5.75 Å². The van der Waals surface area contributed by atoms with E-state index >= 15 is 0 Å². The van der Waals surface area contributed by atoms with Gasteiger partial charge in [0, 0.05) is 12.6 Å². The first kappa shape index (κ1) is 33.1. The summed E-state index contributed by atoms with van der Waals surface area (Å²) in [6.07, 6.45) is 5.51. The minimum absolute atomic E-state index is 0.0773. The summed E-state index contributed by atoms with van der Waals surface area (Å²) in [5.74, 6) is 0.213. The number of methoxy groups -OCH3 is 1. The van der Waals surface area contributed by atoms with Gasteiger partial charge in [0.05, 0.1) is 17.7 Å². The lowest BCUT2D eigenvalue weighted by Crippen LogP contribution is -2.54. The fourth-order valence-electron chi connectivity index (χ4n) is 5.71. The van der Waals surface area contributed by atoms with Crippen LogP contribution < -0.4 is 14.4 Å². The highest BCUT2D eigenvalue weighted by Gasteiger charge is 2.34. The van der Waals surface area contributed by atoms with Crippen molar-refractivity contribution in [2.45, 2.75) is 88.7 Å². The van der Waals surface area contributed by atoms with Gasteiger partial charge in [0.2, 0.25) is 11.8 Å². The molecule has 1 atom stereocenters. The van der Waals surface area contributed by atoms with E-state index in [9.17, 15) is 18.0 Å². The largest absolute Gasteiger partial charge is 0.497 e. The van der Waals surface area contributed by atoms with Crippen LogP contribution in [0, 0.1) is 0 Å². The topological polar surface area (TPSA) is 96.0 Å². The minimum atomic E-state index is -4.11. The standard InChI is InChI=1S/C35H45N3O5S/c1-5-33(35(40)36-29-14-8-6-9-15-29)37(24-27-13-12-16-31(23-27)43-4)34(39)25-38(30-21-19-28(20-22-30)26(2)3)44(41,42)32-17-10-7-11-18-32/h7,10-13,16-23,26,29,33H,5-6,8-9,14-15,24-25H2,1-4H3,(H,36,40). The molecule has 236 valence electrons. The number of benzene rings is 3. The molecule has 0 bridgehead atoms. The Hall–Kier alpha value is -3.85. The molecule has 2 amide bonds. The number of anilines is 1. The van der Waals surface area contributed by atoms with Crippen molar-refractivity contribution in [1.82, 2.24) is 10.2 Å². The second-order valence-corrected chi connectivity index (χ2v) is 13.6. The number of hydrogen-bond acceptors (Lipinski definition) is 5. The Morgan fingerprint density at radius 1 is 0.932 bits per heavy atom. The zero-order chi connectivity index (χ0) is 31.7. The van der Waals surface area contributed by atoms with Crippen molar-refractivity contribution in [1.29, 1.82) is 0 Å². The van der Waals surface area contributed by atoms with Crippen LogP contribution in [0.2, 0.25) is 0 Å². The highest BCUT2D eigenvalue weighted by atomic mass is 32.2. The number of carbonyl (C=O) groups is 2. The van der Waals surface area contributed by atoms with E-state index in [1.807, 2.05) is 43.3 Å².